The maximum absolute atomic E-state index is 12.3. The van der Waals surface area contributed by atoms with Crippen LogP contribution in [0.5, 0.6) is 0 Å². The summed E-state index contributed by atoms with van der Waals surface area (Å²) in [5.74, 6) is -0.0588. The number of amides is 1. The molecule has 0 saturated heterocycles. The molecule has 0 aliphatic rings. The van der Waals surface area contributed by atoms with Crippen LogP contribution in [0.2, 0.25) is 0 Å². The van der Waals surface area contributed by atoms with Gasteiger partial charge in [-0.05, 0) is 46.1 Å². The third-order valence-corrected chi connectivity index (χ3v) is 4.33. The molecule has 0 aliphatic carbocycles. The molecule has 0 unspecified atom stereocenters. The van der Waals surface area contributed by atoms with E-state index in [1.165, 1.54) is 0 Å². The number of carbonyl (C=O) groups excluding carboxylic acids is 1. The van der Waals surface area contributed by atoms with Gasteiger partial charge in [0, 0.05) is 10.4 Å². The van der Waals surface area contributed by atoms with E-state index in [2.05, 4.69) is 5.32 Å². The zero-order valence-corrected chi connectivity index (χ0v) is 12.5. The highest BCUT2D eigenvalue weighted by molar-refractivity contribution is 7.98. The molecule has 0 fully saturated rings. The third-order valence-electron chi connectivity index (χ3n) is 3.53. The molecule has 1 amide bonds. The molecule has 3 nitrogen and oxygen atoms in total. The highest BCUT2D eigenvalue weighted by atomic mass is 32.2. The summed E-state index contributed by atoms with van der Waals surface area (Å²) in [6.45, 7) is 7.47. The van der Waals surface area contributed by atoms with E-state index < -0.39 is 11.0 Å². The highest BCUT2D eigenvalue weighted by Crippen LogP contribution is 2.32. The molecule has 0 aliphatic heterocycles. The van der Waals surface area contributed by atoms with Crippen molar-refractivity contribution in [3.8, 4) is 0 Å². The van der Waals surface area contributed by atoms with Crippen molar-refractivity contribution in [1.29, 1.82) is 0 Å². The number of anilines is 1. The molecule has 0 atom stereocenters. The molecule has 18 heavy (non-hydrogen) atoms. The van der Waals surface area contributed by atoms with Crippen molar-refractivity contribution in [3.63, 3.8) is 0 Å². The minimum absolute atomic E-state index is 0.0588. The molecule has 0 spiro atoms. The molecule has 100 valence electrons. The molecule has 1 rings (SSSR count). The van der Waals surface area contributed by atoms with Crippen LogP contribution < -0.4 is 11.1 Å². The Morgan fingerprint density at radius 2 is 1.78 bits per heavy atom. The second-order valence-electron chi connectivity index (χ2n) is 5.50. The predicted octanol–water partition coefficient (Wildman–Crippen LogP) is 3.11. The van der Waals surface area contributed by atoms with Gasteiger partial charge in [-0.2, -0.15) is 0 Å². The van der Waals surface area contributed by atoms with Gasteiger partial charge in [-0.15, -0.1) is 11.8 Å². The number of hydrogen-bond donors (Lipinski definition) is 2. The smallest absolute Gasteiger partial charge is 0.231 e. The number of rotatable bonds is 4. The molecular weight excluding hydrogens is 244 g/mol. The standard InChI is InChI=1S/C14H22N2OS/c1-13(2,14(3,4)15)12(17)16-10-8-6-7-9-11(10)18-5/h6-9H,15H2,1-5H3,(H,16,17). The Bertz CT molecular complexity index is 436. The van der Waals surface area contributed by atoms with Crippen molar-refractivity contribution in [2.24, 2.45) is 11.1 Å². The topological polar surface area (TPSA) is 55.1 Å². The lowest BCUT2D eigenvalue weighted by atomic mass is 9.74. The van der Waals surface area contributed by atoms with Gasteiger partial charge in [-0.3, -0.25) is 4.79 Å². The van der Waals surface area contributed by atoms with E-state index in [0.717, 1.165) is 10.6 Å². The zero-order chi connectivity index (χ0) is 14.0. The number of nitrogens with one attached hydrogen (secondary N) is 1. The number of benzene rings is 1. The molecule has 4 heteroatoms. The monoisotopic (exact) mass is 266 g/mol. The van der Waals surface area contributed by atoms with Gasteiger partial charge < -0.3 is 11.1 Å². The molecule has 0 aromatic heterocycles. The molecule has 0 radical (unpaired) electrons. The van der Waals surface area contributed by atoms with Crippen LogP contribution in [0.25, 0.3) is 0 Å². The van der Waals surface area contributed by atoms with Crippen LogP contribution in [-0.2, 0) is 4.79 Å². The molecule has 3 N–H and O–H groups in total. The van der Waals surface area contributed by atoms with E-state index >= 15 is 0 Å². The van der Waals surface area contributed by atoms with E-state index in [1.807, 2.05) is 58.2 Å². The van der Waals surface area contributed by atoms with Gasteiger partial charge in [-0.1, -0.05) is 12.1 Å². The summed E-state index contributed by atoms with van der Waals surface area (Å²) in [5, 5.41) is 2.97. The Labute approximate surface area is 114 Å². The lowest BCUT2D eigenvalue weighted by Crippen LogP contribution is -2.53. The first-order valence-corrected chi connectivity index (χ1v) is 7.16. The van der Waals surface area contributed by atoms with Crippen LogP contribution in [0, 0.1) is 5.41 Å². The fourth-order valence-corrected chi connectivity index (χ4v) is 1.87. The number of hydrogen-bond acceptors (Lipinski definition) is 3. The zero-order valence-electron chi connectivity index (χ0n) is 11.7. The molecule has 0 heterocycles. The van der Waals surface area contributed by atoms with E-state index in [1.54, 1.807) is 11.8 Å². The summed E-state index contributed by atoms with van der Waals surface area (Å²) in [5.41, 5.74) is 5.69. The van der Waals surface area contributed by atoms with Crippen molar-refractivity contribution >= 4 is 23.4 Å². The average molecular weight is 266 g/mol. The van der Waals surface area contributed by atoms with Crippen LogP contribution in [0.1, 0.15) is 27.7 Å². The van der Waals surface area contributed by atoms with Crippen LogP contribution >= 0.6 is 11.8 Å². The maximum Gasteiger partial charge on any atom is 0.231 e. The number of carbonyl (C=O) groups is 1. The molecule has 1 aromatic rings. The van der Waals surface area contributed by atoms with Crippen molar-refractivity contribution in [2.75, 3.05) is 11.6 Å². The van der Waals surface area contributed by atoms with E-state index in [4.69, 9.17) is 5.73 Å². The Kier molecular flexibility index (Phi) is 4.46. The normalized spacial score (nSPS) is 12.3. The molecule has 1 aromatic carbocycles. The number of para-hydroxylation sites is 1. The first-order valence-electron chi connectivity index (χ1n) is 5.93. The predicted molar refractivity (Wildman–Crippen MR) is 78.9 cm³/mol. The van der Waals surface area contributed by atoms with E-state index in [0.29, 0.717) is 0 Å². The van der Waals surface area contributed by atoms with Gasteiger partial charge in [0.25, 0.3) is 0 Å². The van der Waals surface area contributed by atoms with Gasteiger partial charge in [0.2, 0.25) is 5.91 Å². The van der Waals surface area contributed by atoms with Gasteiger partial charge in [0.1, 0.15) is 0 Å². The van der Waals surface area contributed by atoms with Crippen molar-refractivity contribution in [3.05, 3.63) is 24.3 Å². The minimum atomic E-state index is -0.640. The fourth-order valence-electron chi connectivity index (χ4n) is 1.32. The van der Waals surface area contributed by atoms with Gasteiger partial charge in [0.05, 0.1) is 11.1 Å². The second-order valence-corrected chi connectivity index (χ2v) is 6.35. The summed E-state index contributed by atoms with van der Waals surface area (Å²) >= 11 is 1.61. The van der Waals surface area contributed by atoms with Crippen molar-refractivity contribution in [2.45, 2.75) is 38.1 Å². The summed E-state index contributed by atoms with van der Waals surface area (Å²) in [6.07, 6.45) is 1.99. The fraction of sp³-hybridized carbons (Fsp3) is 0.500. The van der Waals surface area contributed by atoms with Gasteiger partial charge in [-0.25, -0.2) is 0 Å². The maximum atomic E-state index is 12.3. The Balaban J connectivity index is 2.95. The van der Waals surface area contributed by atoms with Crippen LogP contribution in [0.15, 0.2) is 29.2 Å². The van der Waals surface area contributed by atoms with Gasteiger partial charge >= 0.3 is 0 Å². The van der Waals surface area contributed by atoms with E-state index in [-0.39, 0.29) is 5.91 Å². The Morgan fingerprint density at radius 3 is 2.28 bits per heavy atom. The molecular formula is C14H22N2OS. The van der Waals surface area contributed by atoms with Crippen LogP contribution in [-0.4, -0.2) is 17.7 Å². The van der Waals surface area contributed by atoms with Crippen molar-refractivity contribution < 1.29 is 4.79 Å². The largest absolute Gasteiger partial charge is 0.325 e. The summed E-state index contributed by atoms with van der Waals surface area (Å²) in [6, 6.07) is 7.76. The average Bonchev–Trinajstić information content (AvgIpc) is 2.28. The first-order chi connectivity index (χ1) is 8.20. The third kappa shape index (κ3) is 3.06. The molecule has 0 saturated carbocycles. The van der Waals surface area contributed by atoms with Crippen molar-refractivity contribution in [1.82, 2.24) is 0 Å². The molecule has 0 bridgehead atoms. The van der Waals surface area contributed by atoms with Crippen LogP contribution in [0.4, 0.5) is 5.69 Å². The minimum Gasteiger partial charge on any atom is -0.325 e. The number of nitrogens with two attached hydrogens (primary N) is 1. The summed E-state index contributed by atoms with van der Waals surface area (Å²) < 4.78 is 0. The first kappa shape index (κ1) is 15.1. The van der Waals surface area contributed by atoms with E-state index in [9.17, 15) is 4.79 Å². The van der Waals surface area contributed by atoms with Crippen LogP contribution in [0.3, 0.4) is 0 Å². The van der Waals surface area contributed by atoms with Gasteiger partial charge in [0.15, 0.2) is 0 Å². The highest BCUT2D eigenvalue weighted by Gasteiger charge is 2.40. The Hall–Kier alpha value is -1.00. The number of thioether (sulfide) groups is 1. The Morgan fingerprint density at radius 1 is 1.22 bits per heavy atom. The quantitative estimate of drug-likeness (QED) is 0.823. The lowest BCUT2D eigenvalue weighted by Gasteiger charge is -2.37. The summed E-state index contributed by atoms with van der Waals surface area (Å²) in [4.78, 5) is 13.4. The summed E-state index contributed by atoms with van der Waals surface area (Å²) in [7, 11) is 0. The lowest BCUT2D eigenvalue weighted by molar-refractivity contribution is -0.126. The SMILES string of the molecule is CSc1ccccc1NC(=O)C(C)(C)C(C)(C)N. The second kappa shape index (κ2) is 5.33.